The first kappa shape index (κ1) is 30.3. The minimum atomic E-state index is -0.0446. The average molecular weight is 526 g/mol. The minimum absolute atomic E-state index is 0.0446. The monoisotopic (exact) mass is 525 g/mol. The van der Waals surface area contributed by atoms with Gasteiger partial charge in [-0.15, -0.1) is 0 Å². The number of nitrogens with zero attached hydrogens (tertiary/aromatic N) is 1. The Hall–Kier alpha value is -3.25. The average Bonchev–Trinajstić information content (AvgIpc) is 2.98. The summed E-state index contributed by atoms with van der Waals surface area (Å²) in [6.07, 6.45) is 16.1. The van der Waals surface area contributed by atoms with Crippen molar-refractivity contribution in [1.82, 2.24) is 0 Å². The van der Waals surface area contributed by atoms with E-state index in [1.807, 2.05) is 36.4 Å². The van der Waals surface area contributed by atoms with Gasteiger partial charge in [0.1, 0.15) is 17.2 Å². The van der Waals surface area contributed by atoms with Crippen molar-refractivity contribution in [3.63, 3.8) is 0 Å². The van der Waals surface area contributed by atoms with Crippen LogP contribution >= 0.6 is 0 Å². The lowest BCUT2D eigenvalue weighted by Gasteiger charge is -2.11. The molecule has 3 aromatic rings. The Bertz CT molecular complexity index is 1080. The molecule has 0 aliphatic carbocycles. The fourth-order valence-corrected chi connectivity index (χ4v) is 4.87. The summed E-state index contributed by atoms with van der Waals surface area (Å²) in [5.74, 6) is 2.47. The van der Waals surface area contributed by atoms with Crippen LogP contribution in [0.2, 0.25) is 0 Å². The van der Waals surface area contributed by atoms with Crippen molar-refractivity contribution in [2.45, 2.75) is 103 Å². The smallest absolute Gasteiger partial charge is 0.127 e. The standard InChI is InChI=1S/C36H47NO2/c1-3-5-7-9-11-13-15-33(29-37)32-20-26-36(27-21-32)39-35-24-18-31(19-25-35)30-16-22-34(23-17-30)38-28-14-12-10-8-6-4-2/h16-27,33H,3-15,28H2,1-2H3. The summed E-state index contributed by atoms with van der Waals surface area (Å²) < 4.78 is 12.0. The van der Waals surface area contributed by atoms with E-state index >= 15 is 0 Å². The van der Waals surface area contributed by atoms with Gasteiger partial charge >= 0.3 is 0 Å². The van der Waals surface area contributed by atoms with Crippen LogP contribution in [0.5, 0.6) is 17.2 Å². The Morgan fingerprint density at radius 2 is 1.03 bits per heavy atom. The van der Waals surface area contributed by atoms with Crippen LogP contribution in [0.25, 0.3) is 11.1 Å². The fourth-order valence-electron chi connectivity index (χ4n) is 4.87. The highest BCUT2D eigenvalue weighted by atomic mass is 16.5. The lowest BCUT2D eigenvalue weighted by molar-refractivity contribution is 0.304. The second-order valence-electron chi connectivity index (χ2n) is 10.6. The highest BCUT2D eigenvalue weighted by Gasteiger charge is 2.11. The number of hydrogen-bond acceptors (Lipinski definition) is 3. The molecule has 3 heteroatoms. The summed E-state index contributed by atoms with van der Waals surface area (Å²) in [5.41, 5.74) is 3.38. The van der Waals surface area contributed by atoms with Crippen LogP contribution < -0.4 is 9.47 Å². The topological polar surface area (TPSA) is 42.2 Å². The van der Waals surface area contributed by atoms with Crippen molar-refractivity contribution in [3.05, 3.63) is 78.4 Å². The van der Waals surface area contributed by atoms with Gasteiger partial charge in [0.15, 0.2) is 0 Å². The molecule has 3 aromatic carbocycles. The molecular weight excluding hydrogens is 478 g/mol. The van der Waals surface area contributed by atoms with E-state index in [1.165, 1.54) is 64.2 Å². The fraction of sp³-hybridized carbons (Fsp3) is 0.472. The van der Waals surface area contributed by atoms with E-state index in [-0.39, 0.29) is 5.92 Å². The first-order valence-electron chi connectivity index (χ1n) is 15.2. The van der Waals surface area contributed by atoms with Gasteiger partial charge in [0.2, 0.25) is 0 Å². The van der Waals surface area contributed by atoms with E-state index in [9.17, 15) is 5.26 Å². The molecule has 208 valence electrons. The first-order valence-corrected chi connectivity index (χ1v) is 15.2. The van der Waals surface area contributed by atoms with Crippen LogP contribution in [0.1, 0.15) is 109 Å². The van der Waals surface area contributed by atoms with Gasteiger partial charge in [0, 0.05) is 0 Å². The second-order valence-corrected chi connectivity index (χ2v) is 10.6. The van der Waals surface area contributed by atoms with Gasteiger partial charge in [0.05, 0.1) is 18.6 Å². The van der Waals surface area contributed by atoms with E-state index in [0.29, 0.717) is 0 Å². The van der Waals surface area contributed by atoms with E-state index in [1.54, 1.807) is 0 Å². The molecule has 1 atom stereocenters. The summed E-state index contributed by atoms with van der Waals surface area (Å²) in [6.45, 7) is 5.27. The maximum absolute atomic E-state index is 9.65. The molecule has 0 spiro atoms. The molecule has 0 saturated heterocycles. The number of hydrogen-bond donors (Lipinski definition) is 0. The van der Waals surface area contributed by atoms with Crippen LogP contribution in [0.3, 0.4) is 0 Å². The first-order chi connectivity index (χ1) is 19.2. The Balaban J connectivity index is 1.44. The van der Waals surface area contributed by atoms with Crippen molar-refractivity contribution in [2.24, 2.45) is 0 Å². The third kappa shape index (κ3) is 11.2. The molecule has 0 fully saturated rings. The van der Waals surface area contributed by atoms with Crippen molar-refractivity contribution in [2.75, 3.05) is 6.61 Å². The molecule has 0 heterocycles. The third-order valence-corrected chi connectivity index (χ3v) is 7.33. The van der Waals surface area contributed by atoms with Crippen LogP contribution in [-0.2, 0) is 0 Å². The van der Waals surface area contributed by atoms with Gasteiger partial charge in [-0.2, -0.15) is 5.26 Å². The predicted molar refractivity (Wildman–Crippen MR) is 164 cm³/mol. The Morgan fingerprint density at radius 1 is 0.564 bits per heavy atom. The van der Waals surface area contributed by atoms with Crippen LogP contribution in [-0.4, -0.2) is 6.61 Å². The second kappa shape index (κ2) is 18.1. The largest absolute Gasteiger partial charge is 0.494 e. The quantitative estimate of drug-likeness (QED) is 0.146. The molecule has 1 unspecified atom stereocenters. The zero-order valence-corrected chi connectivity index (χ0v) is 24.2. The lowest BCUT2D eigenvalue weighted by Crippen LogP contribution is -1.97. The molecule has 0 radical (unpaired) electrons. The van der Waals surface area contributed by atoms with E-state index in [4.69, 9.17) is 9.47 Å². The summed E-state index contributed by atoms with van der Waals surface area (Å²) in [6, 6.07) is 27.0. The SMILES string of the molecule is CCCCCCCCOc1ccc(-c2ccc(Oc3ccc(C(C#N)CCCCCCCC)cc3)cc2)cc1. The number of rotatable bonds is 19. The maximum atomic E-state index is 9.65. The molecule has 3 nitrogen and oxygen atoms in total. The molecule has 0 aromatic heterocycles. The summed E-state index contributed by atoms with van der Waals surface area (Å²) in [5, 5.41) is 9.65. The molecule has 0 amide bonds. The van der Waals surface area contributed by atoms with Gasteiger partial charge in [0.25, 0.3) is 0 Å². The van der Waals surface area contributed by atoms with Crippen molar-refractivity contribution in [3.8, 4) is 34.4 Å². The molecule has 3 rings (SSSR count). The molecule has 0 bridgehead atoms. The third-order valence-electron chi connectivity index (χ3n) is 7.33. The number of benzene rings is 3. The molecule has 0 saturated carbocycles. The molecule has 0 N–H and O–H groups in total. The van der Waals surface area contributed by atoms with Crippen LogP contribution in [0.4, 0.5) is 0 Å². The zero-order chi connectivity index (χ0) is 27.5. The molecular formula is C36H47NO2. The number of ether oxygens (including phenoxy) is 2. The molecule has 0 aliphatic heterocycles. The van der Waals surface area contributed by atoms with Crippen molar-refractivity contribution in [1.29, 1.82) is 5.26 Å². The number of nitriles is 1. The van der Waals surface area contributed by atoms with E-state index in [2.05, 4.69) is 56.3 Å². The van der Waals surface area contributed by atoms with Crippen LogP contribution in [0.15, 0.2) is 72.8 Å². The summed E-state index contributed by atoms with van der Waals surface area (Å²) in [7, 11) is 0. The molecule has 39 heavy (non-hydrogen) atoms. The maximum Gasteiger partial charge on any atom is 0.127 e. The minimum Gasteiger partial charge on any atom is -0.494 e. The van der Waals surface area contributed by atoms with E-state index < -0.39 is 0 Å². The Kier molecular flexibility index (Phi) is 14.1. The van der Waals surface area contributed by atoms with Crippen LogP contribution in [0, 0.1) is 11.3 Å². The summed E-state index contributed by atoms with van der Waals surface area (Å²) in [4.78, 5) is 0. The van der Waals surface area contributed by atoms with Gasteiger partial charge in [-0.25, -0.2) is 0 Å². The number of unbranched alkanes of at least 4 members (excludes halogenated alkanes) is 10. The van der Waals surface area contributed by atoms with Gasteiger partial charge < -0.3 is 9.47 Å². The van der Waals surface area contributed by atoms with Gasteiger partial charge in [-0.3, -0.25) is 0 Å². The highest BCUT2D eigenvalue weighted by molar-refractivity contribution is 5.65. The Labute approximate surface area is 237 Å². The normalized spacial score (nSPS) is 11.6. The Morgan fingerprint density at radius 3 is 1.56 bits per heavy atom. The lowest BCUT2D eigenvalue weighted by atomic mass is 9.94. The van der Waals surface area contributed by atoms with Crippen molar-refractivity contribution >= 4 is 0 Å². The van der Waals surface area contributed by atoms with Gasteiger partial charge in [-0.1, -0.05) is 121 Å². The summed E-state index contributed by atoms with van der Waals surface area (Å²) >= 11 is 0. The van der Waals surface area contributed by atoms with Crippen molar-refractivity contribution < 1.29 is 9.47 Å². The van der Waals surface area contributed by atoms with E-state index in [0.717, 1.165) is 59.8 Å². The highest BCUT2D eigenvalue weighted by Crippen LogP contribution is 2.29. The van der Waals surface area contributed by atoms with Gasteiger partial charge in [-0.05, 0) is 65.9 Å². The predicted octanol–water partition coefficient (Wildman–Crippen LogP) is 11.2. The molecule has 0 aliphatic rings. The zero-order valence-electron chi connectivity index (χ0n) is 24.2.